The molecule has 1 aliphatic rings. The van der Waals surface area contributed by atoms with Crippen molar-refractivity contribution in [3.05, 3.63) is 10.5 Å². The van der Waals surface area contributed by atoms with Crippen molar-refractivity contribution in [1.82, 2.24) is 19.1 Å². The van der Waals surface area contributed by atoms with Gasteiger partial charge in [0.1, 0.15) is 6.10 Å². The van der Waals surface area contributed by atoms with E-state index in [2.05, 4.69) is 9.97 Å². The number of aliphatic hydroxyl groups excluding tert-OH is 2. The number of hydrogen-bond acceptors (Lipinski definition) is 8. The number of nitrogens with two attached hydrogens (primary N) is 1. The lowest BCUT2D eigenvalue weighted by Crippen LogP contribution is -2.32. The third kappa shape index (κ3) is 2.93. The van der Waals surface area contributed by atoms with Gasteiger partial charge in [0.25, 0.3) is 0 Å². The monoisotopic (exact) mass is 367 g/mol. The van der Waals surface area contributed by atoms with Crippen molar-refractivity contribution in [3.8, 4) is 5.88 Å². The molecule has 4 atom stereocenters. The Morgan fingerprint density at radius 1 is 1.42 bits per heavy atom. The van der Waals surface area contributed by atoms with Crippen LogP contribution in [0.25, 0.3) is 11.2 Å². The van der Waals surface area contributed by atoms with Gasteiger partial charge in [-0.2, -0.15) is 9.97 Å². The SMILES string of the molecule is CCCn1c(=O)n([C@@H]2O[C@H]([C@@H](O)CC)C[C@H]2O)c2nc(N)nc(OC)c21. The van der Waals surface area contributed by atoms with Gasteiger partial charge in [0.2, 0.25) is 11.8 Å². The topological polar surface area (TPSA) is 138 Å². The Bertz CT molecular complexity index is 848. The molecule has 144 valence electrons. The van der Waals surface area contributed by atoms with Gasteiger partial charge in [-0.05, 0) is 12.8 Å². The zero-order valence-corrected chi connectivity index (χ0v) is 15.1. The Labute approximate surface area is 150 Å². The molecule has 0 spiro atoms. The Morgan fingerprint density at radius 3 is 2.77 bits per heavy atom. The average Bonchev–Trinajstić information content (AvgIpc) is 3.12. The van der Waals surface area contributed by atoms with Gasteiger partial charge in [-0.15, -0.1) is 0 Å². The van der Waals surface area contributed by atoms with E-state index in [-0.39, 0.29) is 23.9 Å². The molecule has 3 heterocycles. The second-order valence-corrected chi connectivity index (χ2v) is 6.41. The van der Waals surface area contributed by atoms with Crippen LogP contribution in [-0.4, -0.2) is 54.7 Å². The highest BCUT2D eigenvalue weighted by Crippen LogP contribution is 2.33. The number of fused-ring (bicyclic) bond motifs is 1. The van der Waals surface area contributed by atoms with Crippen molar-refractivity contribution >= 4 is 17.1 Å². The highest BCUT2D eigenvalue weighted by Gasteiger charge is 2.40. The summed E-state index contributed by atoms with van der Waals surface area (Å²) in [4.78, 5) is 21.3. The number of nitrogen functional groups attached to an aromatic ring is 1. The van der Waals surface area contributed by atoms with Crippen LogP contribution in [0, 0.1) is 0 Å². The quantitative estimate of drug-likeness (QED) is 0.649. The zero-order valence-electron chi connectivity index (χ0n) is 15.1. The first-order valence-corrected chi connectivity index (χ1v) is 8.76. The maximum absolute atomic E-state index is 13.0. The van der Waals surface area contributed by atoms with Crippen LogP contribution in [0.1, 0.15) is 39.3 Å². The van der Waals surface area contributed by atoms with Crippen molar-refractivity contribution < 1.29 is 19.7 Å². The molecule has 0 saturated carbocycles. The molecule has 0 radical (unpaired) electrons. The van der Waals surface area contributed by atoms with Gasteiger partial charge in [0, 0.05) is 13.0 Å². The van der Waals surface area contributed by atoms with E-state index >= 15 is 0 Å². The summed E-state index contributed by atoms with van der Waals surface area (Å²) in [5, 5.41) is 20.5. The van der Waals surface area contributed by atoms with Crippen LogP contribution in [0.2, 0.25) is 0 Å². The third-order valence-corrected chi connectivity index (χ3v) is 4.65. The number of methoxy groups -OCH3 is 1. The molecule has 3 rings (SSSR count). The molecule has 4 N–H and O–H groups in total. The maximum atomic E-state index is 13.0. The van der Waals surface area contributed by atoms with Crippen LogP contribution < -0.4 is 16.2 Å². The lowest BCUT2D eigenvalue weighted by atomic mass is 10.1. The summed E-state index contributed by atoms with van der Waals surface area (Å²) < 4.78 is 13.9. The number of ether oxygens (including phenoxy) is 2. The first kappa shape index (κ1) is 18.6. The van der Waals surface area contributed by atoms with Gasteiger partial charge in [-0.1, -0.05) is 13.8 Å². The number of hydrogen-bond donors (Lipinski definition) is 3. The molecule has 10 heteroatoms. The molecule has 2 aromatic heterocycles. The second kappa shape index (κ2) is 7.22. The Hall–Kier alpha value is -2.17. The summed E-state index contributed by atoms with van der Waals surface area (Å²) in [5.74, 6) is 0.142. The van der Waals surface area contributed by atoms with Crippen LogP contribution in [0.15, 0.2) is 4.79 Å². The van der Waals surface area contributed by atoms with Crippen molar-refractivity contribution in [1.29, 1.82) is 0 Å². The molecule has 0 unspecified atom stereocenters. The minimum absolute atomic E-state index is 0.0469. The number of rotatable bonds is 6. The van der Waals surface area contributed by atoms with Gasteiger partial charge in [-0.3, -0.25) is 4.57 Å². The zero-order chi connectivity index (χ0) is 19.0. The van der Waals surface area contributed by atoms with E-state index in [1.807, 2.05) is 13.8 Å². The fraction of sp³-hybridized carbons (Fsp3) is 0.688. The van der Waals surface area contributed by atoms with Crippen LogP contribution in [0.4, 0.5) is 5.95 Å². The summed E-state index contributed by atoms with van der Waals surface area (Å²) in [6, 6.07) is 0. The molecule has 0 amide bonds. The average molecular weight is 367 g/mol. The molecule has 0 bridgehead atoms. The van der Waals surface area contributed by atoms with E-state index in [1.54, 1.807) is 0 Å². The minimum Gasteiger partial charge on any atom is -0.479 e. The smallest absolute Gasteiger partial charge is 0.332 e. The predicted molar refractivity (Wildman–Crippen MR) is 93.9 cm³/mol. The Balaban J connectivity index is 2.19. The summed E-state index contributed by atoms with van der Waals surface area (Å²) >= 11 is 0. The molecule has 26 heavy (non-hydrogen) atoms. The summed E-state index contributed by atoms with van der Waals surface area (Å²) in [5.41, 5.74) is 6.02. The first-order chi connectivity index (χ1) is 12.4. The summed E-state index contributed by atoms with van der Waals surface area (Å²) in [6.07, 6.45) is -1.78. The van der Waals surface area contributed by atoms with Crippen molar-refractivity contribution in [2.24, 2.45) is 0 Å². The molecule has 1 saturated heterocycles. The first-order valence-electron chi connectivity index (χ1n) is 8.76. The predicted octanol–water partition coefficient (Wildman–Crippen LogP) is 0.0131. The van der Waals surface area contributed by atoms with Crippen LogP contribution >= 0.6 is 0 Å². The number of imidazole rings is 1. The van der Waals surface area contributed by atoms with Crippen molar-refractivity contribution in [2.75, 3.05) is 12.8 Å². The number of anilines is 1. The molecule has 0 aromatic carbocycles. The maximum Gasteiger partial charge on any atom is 0.332 e. The molecule has 1 fully saturated rings. The van der Waals surface area contributed by atoms with Gasteiger partial charge >= 0.3 is 5.69 Å². The molecule has 1 aliphatic heterocycles. The summed E-state index contributed by atoms with van der Waals surface area (Å²) in [6.45, 7) is 4.19. The number of nitrogens with zero attached hydrogens (tertiary/aromatic N) is 4. The third-order valence-electron chi connectivity index (χ3n) is 4.65. The lowest BCUT2D eigenvalue weighted by Gasteiger charge is -2.18. The van der Waals surface area contributed by atoms with E-state index < -0.39 is 30.2 Å². The molecule has 2 aromatic rings. The number of aliphatic hydroxyl groups is 2. The fourth-order valence-corrected chi connectivity index (χ4v) is 3.39. The Kier molecular flexibility index (Phi) is 5.17. The van der Waals surface area contributed by atoms with Gasteiger partial charge in [-0.25, -0.2) is 9.36 Å². The van der Waals surface area contributed by atoms with E-state index in [4.69, 9.17) is 15.2 Å². The molecule has 0 aliphatic carbocycles. The van der Waals surface area contributed by atoms with Crippen molar-refractivity contribution in [2.45, 2.75) is 64.2 Å². The lowest BCUT2D eigenvalue weighted by molar-refractivity contribution is -0.0760. The van der Waals surface area contributed by atoms with Crippen LogP contribution in [-0.2, 0) is 11.3 Å². The normalized spacial score (nSPS) is 24.3. The van der Waals surface area contributed by atoms with E-state index in [0.717, 1.165) is 0 Å². The Morgan fingerprint density at radius 2 is 2.15 bits per heavy atom. The van der Waals surface area contributed by atoms with Crippen molar-refractivity contribution in [3.63, 3.8) is 0 Å². The van der Waals surface area contributed by atoms with Gasteiger partial charge in [0.15, 0.2) is 17.4 Å². The highest BCUT2D eigenvalue weighted by molar-refractivity contribution is 5.78. The summed E-state index contributed by atoms with van der Waals surface area (Å²) in [7, 11) is 1.44. The van der Waals surface area contributed by atoms with E-state index in [9.17, 15) is 15.0 Å². The number of aryl methyl sites for hydroxylation is 1. The highest BCUT2D eigenvalue weighted by atomic mass is 16.5. The van der Waals surface area contributed by atoms with E-state index in [1.165, 1.54) is 16.2 Å². The second-order valence-electron chi connectivity index (χ2n) is 6.41. The minimum atomic E-state index is -0.965. The largest absolute Gasteiger partial charge is 0.479 e. The van der Waals surface area contributed by atoms with E-state index in [0.29, 0.717) is 24.9 Å². The van der Waals surface area contributed by atoms with Gasteiger partial charge in [0.05, 0.1) is 19.3 Å². The molecule has 10 nitrogen and oxygen atoms in total. The fourth-order valence-electron chi connectivity index (χ4n) is 3.39. The molecular weight excluding hydrogens is 342 g/mol. The molecular formula is C16H25N5O5. The number of aromatic nitrogens is 4. The standard InChI is InChI=1S/C16H25N5O5/c1-4-6-20-11-12(18-15(17)19-13(11)25-3)21(16(20)24)14-9(23)7-10(26-14)8(22)5-2/h8-10,14,22-23H,4-7H2,1-3H3,(H2,17,18,19)/t8-,9+,10-,14+/m0/s1. The van der Waals surface area contributed by atoms with Crippen LogP contribution in [0.3, 0.4) is 0 Å². The van der Waals surface area contributed by atoms with Crippen LogP contribution in [0.5, 0.6) is 5.88 Å². The van der Waals surface area contributed by atoms with Gasteiger partial charge < -0.3 is 25.4 Å².